The Balaban J connectivity index is 4.21. The summed E-state index contributed by atoms with van der Waals surface area (Å²) in [5.74, 6) is -0.262. The standard InChI is InChI=1S/C6H10O/c1-3-5-6(7)4-2/h3,5H,4H2,1-2H3/b5-3+/i3D,5D. The summed E-state index contributed by atoms with van der Waals surface area (Å²) < 4.78 is 13.9. The van der Waals surface area contributed by atoms with Gasteiger partial charge in [-0.05, 0) is 13.0 Å². The van der Waals surface area contributed by atoms with Crippen molar-refractivity contribution in [3.63, 3.8) is 0 Å². The van der Waals surface area contributed by atoms with Crippen LogP contribution in [0.15, 0.2) is 12.1 Å². The molecule has 0 aromatic rings. The lowest BCUT2D eigenvalue weighted by Gasteiger charge is -1.78. The van der Waals surface area contributed by atoms with Crippen LogP contribution < -0.4 is 0 Å². The monoisotopic (exact) mass is 100 g/mol. The molecule has 0 unspecified atom stereocenters. The van der Waals surface area contributed by atoms with Gasteiger partial charge in [-0.3, -0.25) is 4.79 Å². The molecule has 1 nitrogen and oxygen atoms in total. The molecule has 0 aromatic heterocycles. The van der Waals surface area contributed by atoms with Crippen LogP contribution in [-0.2, 0) is 4.79 Å². The molecule has 0 fully saturated rings. The predicted octanol–water partition coefficient (Wildman–Crippen LogP) is 1.54. The van der Waals surface area contributed by atoms with Crippen LogP contribution in [-0.4, -0.2) is 5.78 Å². The Morgan fingerprint density at radius 1 is 2.00 bits per heavy atom. The molecule has 0 radical (unpaired) electrons. The normalized spacial score (nSPS) is 16.9. The first kappa shape index (κ1) is 3.42. The molecule has 1 heteroatoms. The van der Waals surface area contributed by atoms with Gasteiger partial charge >= 0.3 is 0 Å². The Kier molecular flexibility index (Phi) is 1.75. The summed E-state index contributed by atoms with van der Waals surface area (Å²) in [6.45, 7) is 3.12. The third-order valence-corrected chi connectivity index (χ3v) is 0.586. The van der Waals surface area contributed by atoms with E-state index in [1.807, 2.05) is 0 Å². The SMILES string of the molecule is [2H]/C(C)=C(/[2H])C(=O)CC. The van der Waals surface area contributed by atoms with Gasteiger partial charge in [-0.1, -0.05) is 13.0 Å². The van der Waals surface area contributed by atoms with E-state index >= 15 is 0 Å². The maximum absolute atomic E-state index is 10.6. The lowest BCUT2D eigenvalue weighted by atomic mass is 10.3. The van der Waals surface area contributed by atoms with Gasteiger partial charge in [0.15, 0.2) is 5.78 Å². The van der Waals surface area contributed by atoms with Gasteiger partial charge in [0.05, 0.1) is 2.74 Å². The summed E-state index contributed by atoms with van der Waals surface area (Å²) in [5, 5.41) is 0. The summed E-state index contributed by atoms with van der Waals surface area (Å²) in [6, 6.07) is -0.126. The number of carbonyl (C=O) groups excluding carboxylic acids is 1. The van der Waals surface area contributed by atoms with E-state index < -0.39 is 0 Å². The van der Waals surface area contributed by atoms with Crippen LogP contribution in [0.3, 0.4) is 0 Å². The first-order valence-corrected chi connectivity index (χ1v) is 2.26. The van der Waals surface area contributed by atoms with Crippen LogP contribution in [0.5, 0.6) is 0 Å². The number of hydrogen-bond acceptors (Lipinski definition) is 1. The third-order valence-electron chi connectivity index (χ3n) is 0.586. The van der Waals surface area contributed by atoms with Crippen molar-refractivity contribution in [3.05, 3.63) is 12.1 Å². The first-order chi connectivity index (χ1) is 4.09. The third kappa shape index (κ3) is 3.23. The fourth-order valence-corrected chi connectivity index (χ4v) is 0.228. The molecule has 0 aliphatic heterocycles. The van der Waals surface area contributed by atoms with Crippen LogP contribution >= 0.6 is 0 Å². The van der Waals surface area contributed by atoms with E-state index in [-0.39, 0.29) is 17.9 Å². The molecule has 0 aliphatic rings. The summed E-state index contributed by atoms with van der Waals surface area (Å²) in [6.07, 6.45) is 0.315. The van der Waals surface area contributed by atoms with Crippen LogP contribution in [0, 0.1) is 0 Å². The van der Waals surface area contributed by atoms with Gasteiger partial charge in [0.2, 0.25) is 0 Å². The van der Waals surface area contributed by atoms with E-state index in [4.69, 9.17) is 2.74 Å². The largest absolute Gasteiger partial charge is 0.295 e. The number of ketones is 1. The summed E-state index contributed by atoms with van der Waals surface area (Å²) >= 11 is 0. The van der Waals surface area contributed by atoms with E-state index in [0.717, 1.165) is 0 Å². The minimum absolute atomic E-state index is 0.0434. The molecule has 0 amide bonds. The molecule has 0 N–H and O–H groups in total. The van der Waals surface area contributed by atoms with Crippen LogP contribution in [0.1, 0.15) is 23.0 Å². The van der Waals surface area contributed by atoms with Crippen molar-refractivity contribution in [2.45, 2.75) is 20.3 Å². The van der Waals surface area contributed by atoms with Crippen LogP contribution in [0.2, 0.25) is 0 Å². The summed E-state index contributed by atoms with van der Waals surface area (Å²) in [4.78, 5) is 10.6. The number of rotatable bonds is 2. The van der Waals surface area contributed by atoms with Crippen molar-refractivity contribution in [3.8, 4) is 0 Å². The highest BCUT2D eigenvalue weighted by atomic mass is 16.1. The number of hydrogen-bond donors (Lipinski definition) is 0. The molecule has 0 bridgehead atoms. The molecule has 0 aromatic carbocycles. The van der Waals surface area contributed by atoms with Gasteiger partial charge in [0.25, 0.3) is 0 Å². The van der Waals surface area contributed by atoms with Gasteiger partial charge in [-0.25, -0.2) is 0 Å². The highest BCUT2D eigenvalue weighted by molar-refractivity contribution is 5.89. The van der Waals surface area contributed by atoms with Gasteiger partial charge in [-0.2, -0.15) is 0 Å². The Bertz CT molecular complexity index is 145. The molecule has 0 aliphatic carbocycles. The van der Waals surface area contributed by atoms with E-state index in [1.165, 1.54) is 6.92 Å². The molecular formula is C6H10O. The van der Waals surface area contributed by atoms with Gasteiger partial charge in [-0.15, -0.1) is 0 Å². The van der Waals surface area contributed by atoms with Crippen molar-refractivity contribution in [2.24, 2.45) is 0 Å². The van der Waals surface area contributed by atoms with Crippen LogP contribution in [0.4, 0.5) is 0 Å². The van der Waals surface area contributed by atoms with E-state index in [0.29, 0.717) is 6.42 Å². The van der Waals surface area contributed by atoms with E-state index in [9.17, 15) is 4.79 Å². The quantitative estimate of drug-likeness (QED) is 0.481. The highest BCUT2D eigenvalue weighted by Crippen LogP contribution is 1.80. The predicted molar refractivity (Wildman–Crippen MR) is 30.1 cm³/mol. The van der Waals surface area contributed by atoms with Gasteiger partial charge in [0.1, 0.15) is 0 Å². The van der Waals surface area contributed by atoms with Crippen molar-refractivity contribution >= 4 is 5.78 Å². The number of allylic oxidation sites excluding steroid dienone is 2. The molecule has 0 spiro atoms. The van der Waals surface area contributed by atoms with E-state index in [2.05, 4.69) is 0 Å². The highest BCUT2D eigenvalue weighted by Gasteiger charge is 1.83. The molecule has 0 saturated heterocycles. The van der Waals surface area contributed by atoms with Crippen molar-refractivity contribution in [1.29, 1.82) is 0 Å². The fraction of sp³-hybridized carbons (Fsp3) is 0.500. The minimum atomic E-state index is -0.262. The summed E-state index contributed by atoms with van der Waals surface area (Å²) in [7, 11) is 0. The Labute approximate surface area is 46.8 Å². The lowest BCUT2D eigenvalue weighted by molar-refractivity contribution is -0.114. The van der Waals surface area contributed by atoms with Crippen molar-refractivity contribution in [2.75, 3.05) is 0 Å². The Hall–Kier alpha value is -0.590. The topological polar surface area (TPSA) is 17.1 Å². The maximum Gasteiger partial charge on any atom is 0.155 e. The molecule has 0 saturated carbocycles. The molecular weight excluding hydrogens is 88.1 g/mol. The summed E-state index contributed by atoms with van der Waals surface area (Å²) in [5.41, 5.74) is 0. The maximum atomic E-state index is 10.6. The second-order valence-corrected chi connectivity index (χ2v) is 1.15. The Morgan fingerprint density at radius 3 is 2.71 bits per heavy atom. The molecule has 0 heterocycles. The fourth-order valence-electron chi connectivity index (χ4n) is 0.228. The second kappa shape index (κ2) is 3.59. The molecule has 7 heavy (non-hydrogen) atoms. The molecule has 0 atom stereocenters. The molecule has 0 rings (SSSR count). The average molecular weight is 100 g/mol. The lowest BCUT2D eigenvalue weighted by Crippen LogP contribution is -1.84. The number of carbonyl (C=O) groups is 1. The Morgan fingerprint density at radius 2 is 2.57 bits per heavy atom. The smallest absolute Gasteiger partial charge is 0.155 e. The zero-order valence-corrected chi connectivity index (χ0v) is 4.62. The van der Waals surface area contributed by atoms with E-state index in [1.54, 1.807) is 6.92 Å². The molecule has 40 valence electrons. The van der Waals surface area contributed by atoms with Crippen molar-refractivity contribution in [1.82, 2.24) is 0 Å². The van der Waals surface area contributed by atoms with Gasteiger partial charge in [0, 0.05) is 6.42 Å². The van der Waals surface area contributed by atoms with Gasteiger partial charge < -0.3 is 0 Å². The van der Waals surface area contributed by atoms with Crippen LogP contribution in [0.25, 0.3) is 0 Å². The first-order valence-electron chi connectivity index (χ1n) is 3.26. The van der Waals surface area contributed by atoms with Crippen molar-refractivity contribution < 1.29 is 7.54 Å². The average Bonchev–Trinajstić information content (AvgIpc) is 1.84. The second-order valence-electron chi connectivity index (χ2n) is 1.15. The zero-order valence-electron chi connectivity index (χ0n) is 6.62. The zero-order chi connectivity index (χ0) is 7.44. The minimum Gasteiger partial charge on any atom is -0.295 e.